The Bertz CT molecular complexity index is 908. The highest BCUT2D eigenvalue weighted by molar-refractivity contribution is 7.91. The van der Waals surface area contributed by atoms with Crippen molar-refractivity contribution in [2.24, 2.45) is 0 Å². The summed E-state index contributed by atoms with van der Waals surface area (Å²) in [4.78, 5) is 12.1. The van der Waals surface area contributed by atoms with E-state index in [1.54, 1.807) is 20.8 Å². The van der Waals surface area contributed by atoms with Gasteiger partial charge < -0.3 is 5.32 Å². The van der Waals surface area contributed by atoms with Gasteiger partial charge in [-0.2, -0.15) is 0 Å². The highest BCUT2D eigenvalue weighted by atomic mass is 32.2. The molecule has 2 aromatic carbocycles. The van der Waals surface area contributed by atoms with Gasteiger partial charge in [0.2, 0.25) is 0 Å². The topological polar surface area (TPSA) is 63.2 Å². The van der Waals surface area contributed by atoms with Crippen LogP contribution >= 0.6 is 0 Å². The van der Waals surface area contributed by atoms with E-state index in [4.69, 9.17) is 0 Å². The second-order valence-corrected chi connectivity index (χ2v) is 11.4. The van der Waals surface area contributed by atoms with Crippen LogP contribution in [-0.4, -0.2) is 25.1 Å². The second kappa shape index (κ2) is 9.57. The summed E-state index contributed by atoms with van der Waals surface area (Å²) in [5, 5.41) is 2.97. The van der Waals surface area contributed by atoms with E-state index in [0.29, 0.717) is 5.56 Å². The first kappa shape index (κ1) is 23.1. The molecule has 4 nitrogen and oxygen atoms in total. The van der Waals surface area contributed by atoms with Gasteiger partial charge in [-0.3, -0.25) is 4.79 Å². The highest BCUT2D eigenvalue weighted by Crippen LogP contribution is 2.21. The normalized spacial score (nSPS) is 13.1. The van der Waals surface area contributed by atoms with Crippen molar-refractivity contribution in [1.82, 2.24) is 5.32 Å². The molecule has 0 aliphatic rings. The van der Waals surface area contributed by atoms with Crippen molar-refractivity contribution < 1.29 is 13.2 Å². The van der Waals surface area contributed by atoms with Crippen molar-refractivity contribution in [3.05, 3.63) is 70.8 Å². The minimum Gasteiger partial charge on any atom is -0.350 e. The minimum atomic E-state index is -3.17. The molecule has 0 aliphatic carbocycles. The molecule has 1 atom stereocenters. The van der Waals surface area contributed by atoms with Gasteiger partial charge in [0.15, 0.2) is 9.84 Å². The number of benzene rings is 2. The summed E-state index contributed by atoms with van der Waals surface area (Å²) >= 11 is 0. The van der Waals surface area contributed by atoms with E-state index in [1.807, 2.05) is 62.4 Å². The molecule has 0 aromatic heterocycles. The Morgan fingerprint density at radius 2 is 1.34 bits per heavy atom. The van der Waals surface area contributed by atoms with Crippen molar-refractivity contribution in [2.75, 3.05) is 0 Å². The molecule has 0 saturated heterocycles. The van der Waals surface area contributed by atoms with E-state index < -0.39 is 14.6 Å². The standard InChI is InChI=1S/C24H33NO3S/c1-6-18(2)25-23(26)22-15-13-20(14-16-22)8-7-19-9-11-21(12-10-19)17-29(27,28)24(3,4)5/h9-16,18H,6-8,17H2,1-5H3,(H,25,26). The molecule has 0 spiro atoms. The van der Waals surface area contributed by atoms with Gasteiger partial charge in [0.05, 0.1) is 10.5 Å². The number of nitrogens with one attached hydrogen (secondary N) is 1. The van der Waals surface area contributed by atoms with E-state index in [-0.39, 0.29) is 17.7 Å². The van der Waals surface area contributed by atoms with Gasteiger partial charge in [-0.05, 0) is 75.8 Å². The van der Waals surface area contributed by atoms with Gasteiger partial charge in [0.1, 0.15) is 0 Å². The van der Waals surface area contributed by atoms with E-state index in [0.717, 1.165) is 24.8 Å². The van der Waals surface area contributed by atoms with Crippen molar-refractivity contribution in [3.63, 3.8) is 0 Å². The fourth-order valence-electron chi connectivity index (χ4n) is 2.76. The van der Waals surface area contributed by atoms with Gasteiger partial charge in [0.25, 0.3) is 5.91 Å². The summed E-state index contributed by atoms with van der Waals surface area (Å²) in [7, 11) is -3.17. The van der Waals surface area contributed by atoms with Crippen LogP contribution in [0.15, 0.2) is 48.5 Å². The SMILES string of the molecule is CCC(C)NC(=O)c1ccc(CCc2ccc(CS(=O)(=O)C(C)(C)C)cc2)cc1. The quantitative estimate of drug-likeness (QED) is 0.679. The number of rotatable bonds is 8. The number of amides is 1. The summed E-state index contributed by atoms with van der Waals surface area (Å²) in [6.07, 6.45) is 2.64. The van der Waals surface area contributed by atoms with E-state index in [9.17, 15) is 13.2 Å². The Morgan fingerprint density at radius 3 is 1.79 bits per heavy atom. The van der Waals surface area contributed by atoms with Gasteiger partial charge in [-0.1, -0.05) is 43.3 Å². The van der Waals surface area contributed by atoms with E-state index in [1.165, 1.54) is 11.1 Å². The molecular formula is C24H33NO3S. The minimum absolute atomic E-state index is 0.0355. The molecular weight excluding hydrogens is 382 g/mol. The molecule has 158 valence electrons. The van der Waals surface area contributed by atoms with Crippen LogP contribution < -0.4 is 5.32 Å². The molecule has 0 fully saturated rings. The third kappa shape index (κ3) is 6.70. The fraction of sp³-hybridized carbons (Fsp3) is 0.458. The zero-order valence-corrected chi connectivity index (χ0v) is 19.0. The molecule has 0 bridgehead atoms. The molecule has 1 N–H and O–H groups in total. The Hall–Kier alpha value is -2.14. The molecule has 0 saturated carbocycles. The first-order valence-electron chi connectivity index (χ1n) is 10.2. The lowest BCUT2D eigenvalue weighted by atomic mass is 10.0. The van der Waals surface area contributed by atoms with Crippen molar-refractivity contribution >= 4 is 15.7 Å². The molecule has 2 aromatic rings. The largest absolute Gasteiger partial charge is 0.350 e. The maximum absolute atomic E-state index is 12.3. The number of sulfone groups is 1. The lowest BCUT2D eigenvalue weighted by Crippen LogP contribution is -2.31. The van der Waals surface area contributed by atoms with Crippen LogP contribution in [0.3, 0.4) is 0 Å². The maximum atomic E-state index is 12.3. The van der Waals surface area contributed by atoms with Crippen LogP contribution in [0, 0.1) is 0 Å². The first-order valence-corrected chi connectivity index (χ1v) is 11.9. The van der Waals surface area contributed by atoms with Crippen LogP contribution in [0.2, 0.25) is 0 Å². The highest BCUT2D eigenvalue weighted by Gasteiger charge is 2.28. The van der Waals surface area contributed by atoms with E-state index in [2.05, 4.69) is 5.32 Å². The lowest BCUT2D eigenvalue weighted by molar-refractivity contribution is 0.0939. The Kier molecular flexibility index (Phi) is 7.64. The Balaban J connectivity index is 1.92. The molecule has 0 heterocycles. The third-order valence-electron chi connectivity index (χ3n) is 5.22. The van der Waals surface area contributed by atoms with Crippen LogP contribution in [0.4, 0.5) is 0 Å². The maximum Gasteiger partial charge on any atom is 0.251 e. The number of hydrogen-bond donors (Lipinski definition) is 1. The predicted octanol–water partition coefficient (Wildman–Crippen LogP) is 4.71. The van der Waals surface area contributed by atoms with Gasteiger partial charge in [-0.25, -0.2) is 8.42 Å². The van der Waals surface area contributed by atoms with Gasteiger partial charge >= 0.3 is 0 Å². The van der Waals surface area contributed by atoms with Crippen LogP contribution in [-0.2, 0) is 28.4 Å². The molecule has 0 aliphatic heterocycles. The van der Waals surface area contributed by atoms with Crippen molar-refractivity contribution in [1.29, 1.82) is 0 Å². The summed E-state index contributed by atoms with van der Waals surface area (Å²) in [5.41, 5.74) is 3.84. The summed E-state index contributed by atoms with van der Waals surface area (Å²) in [6.45, 7) is 9.24. The zero-order valence-electron chi connectivity index (χ0n) is 18.2. The second-order valence-electron chi connectivity index (χ2n) is 8.67. The van der Waals surface area contributed by atoms with Crippen molar-refractivity contribution in [2.45, 2.75) is 70.4 Å². The van der Waals surface area contributed by atoms with Crippen LogP contribution in [0.25, 0.3) is 0 Å². The summed E-state index contributed by atoms with van der Waals surface area (Å²) in [6, 6.07) is 15.7. The first-order chi connectivity index (χ1) is 13.5. The summed E-state index contributed by atoms with van der Waals surface area (Å²) < 4.78 is 23.9. The Morgan fingerprint density at radius 1 is 0.897 bits per heavy atom. The number of hydrogen-bond acceptors (Lipinski definition) is 3. The predicted molar refractivity (Wildman–Crippen MR) is 120 cm³/mol. The number of aryl methyl sites for hydroxylation is 2. The number of carbonyl (C=O) groups is 1. The van der Waals surface area contributed by atoms with Crippen molar-refractivity contribution in [3.8, 4) is 0 Å². The van der Waals surface area contributed by atoms with Gasteiger partial charge in [-0.15, -0.1) is 0 Å². The molecule has 1 amide bonds. The molecule has 5 heteroatoms. The number of carbonyl (C=O) groups excluding carboxylic acids is 1. The molecule has 29 heavy (non-hydrogen) atoms. The monoisotopic (exact) mass is 415 g/mol. The third-order valence-corrected chi connectivity index (χ3v) is 7.80. The fourth-order valence-corrected chi connectivity index (χ4v) is 3.82. The Labute approximate surface area is 175 Å². The van der Waals surface area contributed by atoms with Gasteiger partial charge in [0, 0.05) is 11.6 Å². The zero-order chi connectivity index (χ0) is 21.7. The smallest absolute Gasteiger partial charge is 0.251 e. The molecule has 2 rings (SSSR count). The van der Waals surface area contributed by atoms with Crippen LogP contribution in [0.5, 0.6) is 0 Å². The van der Waals surface area contributed by atoms with Crippen LogP contribution in [0.1, 0.15) is 68.1 Å². The molecule has 0 radical (unpaired) electrons. The molecule has 1 unspecified atom stereocenters. The lowest BCUT2D eigenvalue weighted by Gasteiger charge is -2.19. The average Bonchev–Trinajstić information content (AvgIpc) is 2.66. The average molecular weight is 416 g/mol. The van der Waals surface area contributed by atoms with E-state index >= 15 is 0 Å². The summed E-state index contributed by atoms with van der Waals surface area (Å²) in [5.74, 6) is 0.0310.